The first-order valence-corrected chi connectivity index (χ1v) is 6.90. The molecule has 2 rings (SSSR count). The highest BCUT2D eigenvalue weighted by atomic mass is 16.2. The summed E-state index contributed by atoms with van der Waals surface area (Å²) in [5.74, 6) is 0.147. The summed E-state index contributed by atoms with van der Waals surface area (Å²) in [7, 11) is 3.61. The quantitative estimate of drug-likeness (QED) is 0.886. The molecule has 4 heteroatoms. The van der Waals surface area contributed by atoms with Gasteiger partial charge in [0.25, 0.3) is 0 Å². The van der Waals surface area contributed by atoms with Crippen molar-refractivity contribution in [2.75, 3.05) is 38.6 Å². The predicted octanol–water partition coefficient (Wildman–Crippen LogP) is 1.25. The Morgan fingerprint density at radius 1 is 1.37 bits per heavy atom. The van der Waals surface area contributed by atoms with Gasteiger partial charge >= 0.3 is 0 Å². The number of nitrogens with zero attached hydrogens (tertiary/aromatic N) is 2. The van der Waals surface area contributed by atoms with E-state index in [9.17, 15) is 4.79 Å². The SMILES string of the molecule is CCN(CC(=O)N(C)C)c1cccc2c1CCNC2. The third kappa shape index (κ3) is 3.07. The van der Waals surface area contributed by atoms with Crippen LogP contribution >= 0.6 is 0 Å². The Balaban J connectivity index is 2.25. The molecule has 1 aliphatic rings. The fourth-order valence-corrected chi connectivity index (χ4v) is 2.48. The number of amides is 1. The van der Waals surface area contributed by atoms with Crippen LogP contribution < -0.4 is 10.2 Å². The van der Waals surface area contributed by atoms with Gasteiger partial charge in [0.05, 0.1) is 6.54 Å². The number of benzene rings is 1. The lowest BCUT2D eigenvalue weighted by atomic mass is 9.98. The smallest absolute Gasteiger partial charge is 0.241 e. The van der Waals surface area contributed by atoms with Gasteiger partial charge in [0.1, 0.15) is 0 Å². The van der Waals surface area contributed by atoms with Crippen LogP contribution in [0.2, 0.25) is 0 Å². The lowest BCUT2D eigenvalue weighted by molar-refractivity contribution is -0.127. The summed E-state index contributed by atoms with van der Waals surface area (Å²) in [6, 6.07) is 6.40. The zero-order valence-corrected chi connectivity index (χ0v) is 12.1. The van der Waals surface area contributed by atoms with Crippen molar-refractivity contribution in [2.24, 2.45) is 0 Å². The van der Waals surface area contributed by atoms with Gasteiger partial charge in [0, 0.05) is 32.9 Å². The zero-order chi connectivity index (χ0) is 13.8. The second kappa shape index (κ2) is 6.06. The predicted molar refractivity (Wildman–Crippen MR) is 78.4 cm³/mol. The molecule has 0 bridgehead atoms. The Labute approximate surface area is 115 Å². The Morgan fingerprint density at radius 3 is 2.84 bits per heavy atom. The van der Waals surface area contributed by atoms with E-state index < -0.39 is 0 Å². The van der Waals surface area contributed by atoms with E-state index in [1.54, 1.807) is 19.0 Å². The number of rotatable bonds is 4. The second-order valence-corrected chi connectivity index (χ2v) is 5.14. The number of anilines is 1. The Hall–Kier alpha value is -1.55. The maximum atomic E-state index is 11.9. The third-order valence-corrected chi connectivity index (χ3v) is 3.66. The lowest BCUT2D eigenvalue weighted by Crippen LogP contribution is -2.37. The molecule has 4 nitrogen and oxygen atoms in total. The van der Waals surface area contributed by atoms with Crippen LogP contribution in [0.25, 0.3) is 0 Å². The van der Waals surface area contributed by atoms with Crippen molar-refractivity contribution in [1.29, 1.82) is 0 Å². The zero-order valence-electron chi connectivity index (χ0n) is 12.1. The number of hydrogen-bond donors (Lipinski definition) is 1. The Kier molecular flexibility index (Phi) is 4.43. The van der Waals surface area contributed by atoms with Crippen LogP contribution in [0.1, 0.15) is 18.1 Å². The van der Waals surface area contributed by atoms with Gasteiger partial charge in [-0.2, -0.15) is 0 Å². The van der Waals surface area contributed by atoms with Gasteiger partial charge in [-0.05, 0) is 37.1 Å². The summed E-state index contributed by atoms with van der Waals surface area (Å²) < 4.78 is 0. The molecule has 0 aromatic heterocycles. The average Bonchev–Trinajstić information content (AvgIpc) is 2.44. The fourth-order valence-electron chi connectivity index (χ4n) is 2.48. The van der Waals surface area contributed by atoms with E-state index in [4.69, 9.17) is 0 Å². The molecule has 1 N–H and O–H groups in total. The summed E-state index contributed by atoms with van der Waals surface area (Å²) in [5.41, 5.74) is 3.98. The van der Waals surface area contributed by atoms with Crippen LogP contribution in [0.3, 0.4) is 0 Å². The summed E-state index contributed by atoms with van der Waals surface area (Å²) >= 11 is 0. The Bertz CT molecular complexity index is 457. The lowest BCUT2D eigenvalue weighted by Gasteiger charge is -2.29. The van der Waals surface area contributed by atoms with Crippen molar-refractivity contribution in [3.63, 3.8) is 0 Å². The van der Waals surface area contributed by atoms with Crippen LogP contribution in [-0.2, 0) is 17.8 Å². The standard InChI is InChI=1S/C15H23N3O/c1-4-18(11-15(19)17(2)3)14-7-5-6-12-10-16-9-8-13(12)14/h5-7,16H,4,8-11H2,1-3H3. The van der Waals surface area contributed by atoms with Crippen molar-refractivity contribution >= 4 is 11.6 Å². The fraction of sp³-hybridized carbons (Fsp3) is 0.533. The van der Waals surface area contributed by atoms with E-state index in [0.717, 1.165) is 26.1 Å². The average molecular weight is 261 g/mol. The van der Waals surface area contributed by atoms with Gasteiger partial charge in [-0.25, -0.2) is 0 Å². The number of carbonyl (C=O) groups is 1. The summed E-state index contributed by atoms with van der Waals surface area (Å²) in [6.07, 6.45) is 1.04. The Morgan fingerprint density at radius 2 is 2.16 bits per heavy atom. The molecule has 0 unspecified atom stereocenters. The van der Waals surface area contributed by atoms with Crippen molar-refractivity contribution in [3.05, 3.63) is 29.3 Å². The van der Waals surface area contributed by atoms with Crippen molar-refractivity contribution in [3.8, 4) is 0 Å². The van der Waals surface area contributed by atoms with Crippen LogP contribution in [0.15, 0.2) is 18.2 Å². The van der Waals surface area contributed by atoms with Gasteiger partial charge in [-0.1, -0.05) is 12.1 Å². The summed E-state index contributed by atoms with van der Waals surface area (Å²) in [4.78, 5) is 15.8. The van der Waals surface area contributed by atoms with Crippen molar-refractivity contribution < 1.29 is 4.79 Å². The van der Waals surface area contributed by atoms with Gasteiger partial charge in [-0.15, -0.1) is 0 Å². The van der Waals surface area contributed by atoms with E-state index in [1.807, 2.05) is 0 Å². The van der Waals surface area contributed by atoms with E-state index >= 15 is 0 Å². The summed E-state index contributed by atoms with van der Waals surface area (Å²) in [6.45, 7) is 5.35. The first-order valence-electron chi connectivity index (χ1n) is 6.90. The number of hydrogen-bond acceptors (Lipinski definition) is 3. The number of fused-ring (bicyclic) bond motifs is 1. The second-order valence-electron chi connectivity index (χ2n) is 5.14. The molecule has 0 aliphatic carbocycles. The molecule has 0 saturated carbocycles. The number of nitrogens with one attached hydrogen (secondary N) is 1. The molecule has 1 amide bonds. The minimum Gasteiger partial charge on any atom is -0.362 e. The highest BCUT2D eigenvalue weighted by Crippen LogP contribution is 2.26. The first kappa shape index (κ1) is 13.9. The molecule has 1 aromatic rings. The largest absolute Gasteiger partial charge is 0.362 e. The van der Waals surface area contributed by atoms with E-state index in [1.165, 1.54) is 16.8 Å². The molecule has 1 aromatic carbocycles. The van der Waals surface area contributed by atoms with Crippen molar-refractivity contribution in [1.82, 2.24) is 10.2 Å². The molecule has 104 valence electrons. The number of likely N-dealkylation sites (N-methyl/N-ethyl adjacent to an activating group) is 2. The van der Waals surface area contributed by atoms with Crippen molar-refractivity contribution in [2.45, 2.75) is 19.9 Å². The first-order chi connectivity index (χ1) is 9.13. The minimum absolute atomic E-state index is 0.147. The molecule has 0 spiro atoms. The van der Waals surface area contributed by atoms with Gasteiger partial charge in [0.2, 0.25) is 5.91 Å². The van der Waals surface area contributed by atoms with Crippen LogP contribution in [-0.4, -0.2) is 44.5 Å². The van der Waals surface area contributed by atoms with Crippen LogP contribution in [0.5, 0.6) is 0 Å². The normalized spacial score (nSPS) is 13.8. The molecule has 1 aliphatic heterocycles. The molecular formula is C15H23N3O. The summed E-state index contributed by atoms with van der Waals surface area (Å²) in [5, 5.41) is 3.39. The molecule has 0 radical (unpaired) electrons. The van der Waals surface area contributed by atoms with Gasteiger partial charge in [0.15, 0.2) is 0 Å². The number of carbonyl (C=O) groups excluding carboxylic acids is 1. The third-order valence-electron chi connectivity index (χ3n) is 3.66. The highest BCUT2D eigenvalue weighted by Gasteiger charge is 2.18. The monoisotopic (exact) mass is 261 g/mol. The highest BCUT2D eigenvalue weighted by molar-refractivity contribution is 5.81. The minimum atomic E-state index is 0.147. The van der Waals surface area contributed by atoms with Gasteiger partial charge in [-0.3, -0.25) is 4.79 Å². The van der Waals surface area contributed by atoms with Crippen LogP contribution in [0.4, 0.5) is 5.69 Å². The molecule has 19 heavy (non-hydrogen) atoms. The maximum Gasteiger partial charge on any atom is 0.241 e. The molecular weight excluding hydrogens is 238 g/mol. The topological polar surface area (TPSA) is 35.6 Å². The van der Waals surface area contributed by atoms with Gasteiger partial charge < -0.3 is 15.1 Å². The molecule has 1 heterocycles. The molecule has 0 fully saturated rings. The van der Waals surface area contributed by atoms with Crippen LogP contribution in [0, 0.1) is 0 Å². The maximum absolute atomic E-state index is 11.9. The van der Waals surface area contributed by atoms with E-state index in [0.29, 0.717) is 6.54 Å². The van der Waals surface area contributed by atoms with E-state index in [-0.39, 0.29) is 5.91 Å². The van der Waals surface area contributed by atoms with E-state index in [2.05, 4.69) is 35.3 Å². The molecule has 0 atom stereocenters. The molecule has 0 saturated heterocycles.